The fraction of sp³-hybridized carbons (Fsp3) is 0.321. The Labute approximate surface area is 214 Å². The van der Waals surface area contributed by atoms with E-state index in [1.165, 1.54) is 29.2 Å². The molecule has 1 heterocycles. The number of carbonyl (C=O) groups excluding carboxylic acids is 3. The van der Waals surface area contributed by atoms with Gasteiger partial charge in [-0.2, -0.15) is 0 Å². The van der Waals surface area contributed by atoms with Crippen molar-refractivity contribution in [2.24, 2.45) is 5.73 Å². The number of amides is 3. The van der Waals surface area contributed by atoms with Gasteiger partial charge in [0, 0.05) is 31.6 Å². The zero-order chi connectivity index (χ0) is 26.4. The van der Waals surface area contributed by atoms with Crippen LogP contribution in [0.1, 0.15) is 28.8 Å². The lowest BCUT2D eigenvalue weighted by molar-refractivity contribution is -0.131. The summed E-state index contributed by atoms with van der Waals surface area (Å²) >= 11 is 0. The van der Waals surface area contributed by atoms with Gasteiger partial charge in [-0.25, -0.2) is 4.39 Å². The van der Waals surface area contributed by atoms with Gasteiger partial charge in [-0.15, -0.1) is 0 Å². The number of nitrogens with one attached hydrogen (secondary N) is 2. The Morgan fingerprint density at radius 2 is 1.78 bits per heavy atom. The number of rotatable bonds is 9. The molecule has 3 amide bonds. The standard InChI is InChI=1S/C28H31FN4O4/c29-22-11-9-20(10-12-22)28(37)33-13-3-6-25(33)27(36)32-24(26(35)31-17-23(34)16-30)15-18-7-8-19-4-1-2-5-21(19)14-18/h1-2,4-5,7-12,14,23-25,34H,3,6,13,15-17,30H2,(H,31,35)(H,32,36)/t23?,24?,25-/m1/s1. The molecule has 0 saturated carbocycles. The number of aliphatic hydroxyl groups is 1. The number of nitrogens with two attached hydrogens (primary N) is 1. The van der Waals surface area contributed by atoms with Crippen LogP contribution in [0.15, 0.2) is 66.7 Å². The molecule has 3 aromatic carbocycles. The molecule has 0 aliphatic carbocycles. The Hall–Kier alpha value is -3.82. The third-order valence-corrected chi connectivity index (χ3v) is 6.58. The van der Waals surface area contributed by atoms with Crippen LogP contribution in [0.3, 0.4) is 0 Å². The van der Waals surface area contributed by atoms with Gasteiger partial charge >= 0.3 is 0 Å². The van der Waals surface area contributed by atoms with E-state index in [-0.39, 0.29) is 25.4 Å². The normalized spacial score (nSPS) is 16.8. The fourth-order valence-corrected chi connectivity index (χ4v) is 4.54. The summed E-state index contributed by atoms with van der Waals surface area (Å²) in [5.41, 5.74) is 6.59. The van der Waals surface area contributed by atoms with Crippen LogP contribution in [0.2, 0.25) is 0 Å². The van der Waals surface area contributed by atoms with E-state index in [0.29, 0.717) is 24.9 Å². The minimum absolute atomic E-state index is 0.00941. The van der Waals surface area contributed by atoms with Gasteiger partial charge in [0.2, 0.25) is 11.8 Å². The molecule has 1 aliphatic heterocycles. The Balaban J connectivity index is 1.51. The van der Waals surface area contributed by atoms with Crippen molar-refractivity contribution >= 4 is 28.5 Å². The van der Waals surface area contributed by atoms with Crippen molar-refractivity contribution in [3.63, 3.8) is 0 Å². The predicted octanol–water partition coefficient (Wildman–Crippen LogP) is 1.75. The van der Waals surface area contributed by atoms with Gasteiger partial charge in [-0.05, 0) is 53.4 Å². The molecule has 4 rings (SSSR count). The zero-order valence-electron chi connectivity index (χ0n) is 20.4. The van der Waals surface area contributed by atoms with E-state index in [4.69, 9.17) is 5.73 Å². The fourth-order valence-electron chi connectivity index (χ4n) is 4.54. The summed E-state index contributed by atoms with van der Waals surface area (Å²) in [5.74, 6) is -1.70. The SMILES string of the molecule is NCC(O)CNC(=O)C(Cc1ccc2ccccc2c1)NC(=O)[C@H]1CCCN1C(=O)c1ccc(F)cc1. The molecule has 1 saturated heterocycles. The molecule has 2 unspecified atom stereocenters. The second kappa shape index (κ2) is 11.9. The Kier molecular flexibility index (Phi) is 8.47. The molecule has 37 heavy (non-hydrogen) atoms. The number of nitrogens with zero attached hydrogens (tertiary/aromatic N) is 1. The van der Waals surface area contributed by atoms with Crippen molar-refractivity contribution in [2.45, 2.75) is 37.5 Å². The van der Waals surface area contributed by atoms with E-state index < -0.39 is 35.8 Å². The molecule has 5 N–H and O–H groups in total. The van der Waals surface area contributed by atoms with E-state index in [2.05, 4.69) is 10.6 Å². The third-order valence-electron chi connectivity index (χ3n) is 6.58. The minimum atomic E-state index is -0.929. The Morgan fingerprint density at radius 3 is 2.51 bits per heavy atom. The zero-order valence-corrected chi connectivity index (χ0v) is 20.4. The van der Waals surface area contributed by atoms with Crippen molar-refractivity contribution in [1.82, 2.24) is 15.5 Å². The van der Waals surface area contributed by atoms with Gasteiger partial charge in [-0.1, -0.05) is 42.5 Å². The molecule has 9 heteroatoms. The largest absolute Gasteiger partial charge is 0.390 e. The smallest absolute Gasteiger partial charge is 0.254 e. The summed E-state index contributed by atoms with van der Waals surface area (Å²) in [7, 11) is 0. The average molecular weight is 507 g/mol. The summed E-state index contributed by atoms with van der Waals surface area (Å²) in [6.45, 7) is 0.334. The van der Waals surface area contributed by atoms with Crippen LogP contribution in [0.25, 0.3) is 10.8 Å². The van der Waals surface area contributed by atoms with Crippen LogP contribution >= 0.6 is 0 Å². The Bertz CT molecular complexity index is 1270. The van der Waals surface area contributed by atoms with E-state index in [0.717, 1.165) is 16.3 Å². The van der Waals surface area contributed by atoms with Gasteiger partial charge in [0.25, 0.3) is 5.91 Å². The molecule has 3 atom stereocenters. The second-order valence-corrected chi connectivity index (χ2v) is 9.24. The van der Waals surface area contributed by atoms with E-state index >= 15 is 0 Å². The quantitative estimate of drug-likeness (QED) is 0.352. The molecular weight excluding hydrogens is 475 g/mol. The highest BCUT2D eigenvalue weighted by Gasteiger charge is 2.36. The van der Waals surface area contributed by atoms with Crippen molar-refractivity contribution in [3.05, 3.63) is 83.7 Å². The highest BCUT2D eigenvalue weighted by Crippen LogP contribution is 2.22. The maximum Gasteiger partial charge on any atom is 0.254 e. The van der Waals surface area contributed by atoms with Crippen molar-refractivity contribution < 1.29 is 23.9 Å². The van der Waals surface area contributed by atoms with E-state index in [1.54, 1.807) is 0 Å². The van der Waals surface area contributed by atoms with Gasteiger partial charge in [-0.3, -0.25) is 14.4 Å². The summed E-state index contributed by atoms with van der Waals surface area (Å²) in [6.07, 6.45) is 0.406. The van der Waals surface area contributed by atoms with Crippen LogP contribution in [0, 0.1) is 5.82 Å². The molecule has 3 aromatic rings. The lowest BCUT2D eigenvalue weighted by atomic mass is 10.0. The van der Waals surface area contributed by atoms with Crippen LogP contribution in [0.4, 0.5) is 4.39 Å². The molecule has 0 radical (unpaired) electrons. The molecule has 1 fully saturated rings. The van der Waals surface area contributed by atoms with Crippen LogP contribution in [-0.4, -0.2) is 65.5 Å². The average Bonchev–Trinajstić information content (AvgIpc) is 3.41. The number of hydrogen-bond acceptors (Lipinski definition) is 5. The summed E-state index contributed by atoms with van der Waals surface area (Å²) in [6, 6.07) is 17.2. The highest BCUT2D eigenvalue weighted by atomic mass is 19.1. The number of halogens is 1. The van der Waals surface area contributed by atoms with Crippen molar-refractivity contribution in [2.75, 3.05) is 19.6 Å². The summed E-state index contributed by atoms with van der Waals surface area (Å²) in [5, 5.41) is 17.3. The first-order valence-electron chi connectivity index (χ1n) is 12.4. The number of fused-ring (bicyclic) bond motifs is 1. The molecule has 0 bridgehead atoms. The lowest BCUT2D eigenvalue weighted by Crippen LogP contribution is -2.54. The van der Waals surface area contributed by atoms with Crippen molar-refractivity contribution in [3.8, 4) is 0 Å². The molecule has 0 aromatic heterocycles. The number of hydrogen-bond donors (Lipinski definition) is 4. The van der Waals surface area contributed by atoms with Crippen LogP contribution < -0.4 is 16.4 Å². The maximum atomic E-state index is 13.3. The highest BCUT2D eigenvalue weighted by molar-refractivity contribution is 5.98. The number of benzene rings is 3. The summed E-state index contributed by atoms with van der Waals surface area (Å²) in [4.78, 5) is 40.9. The molecule has 194 valence electrons. The minimum Gasteiger partial charge on any atom is -0.390 e. The number of aliphatic hydroxyl groups excluding tert-OH is 1. The first-order valence-corrected chi connectivity index (χ1v) is 12.4. The second-order valence-electron chi connectivity index (χ2n) is 9.24. The predicted molar refractivity (Wildman–Crippen MR) is 138 cm³/mol. The van der Waals surface area contributed by atoms with Crippen LogP contribution in [-0.2, 0) is 16.0 Å². The van der Waals surface area contributed by atoms with Crippen molar-refractivity contribution in [1.29, 1.82) is 0 Å². The molecule has 0 spiro atoms. The molecule has 1 aliphatic rings. The maximum absolute atomic E-state index is 13.3. The first kappa shape index (κ1) is 26.2. The topological polar surface area (TPSA) is 125 Å². The van der Waals surface area contributed by atoms with E-state index in [1.807, 2.05) is 42.5 Å². The number of carbonyl (C=O) groups is 3. The molecule has 8 nitrogen and oxygen atoms in total. The molecular formula is C28H31FN4O4. The lowest BCUT2D eigenvalue weighted by Gasteiger charge is -2.27. The first-order chi connectivity index (χ1) is 17.9. The van der Waals surface area contributed by atoms with Crippen LogP contribution in [0.5, 0.6) is 0 Å². The third kappa shape index (κ3) is 6.49. The Morgan fingerprint density at radius 1 is 1.05 bits per heavy atom. The monoisotopic (exact) mass is 506 g/mol. The summed E-state index contributed by atoms with van der Waals surface area (Å²) < 4.78 is 13.3. The van der Waals surface area contributed by atoms with Gasteiger partial charge < -0.3 is 26.4 Å². The van der Waals surface area contributed by atoms with E-state index in [9.17, 15) is 23.9 Å². The van der Waals surface area contributed by atoms with Gasteiger partial charge in [0.15, 0.2) is 0 Å². The van der Waals surface area contributed by atoms with Gasteiger partial charge in [0.05, 0.1) is 6.10 Å². The number of likely N-dealkylation sites (tertiary alicyclic amines) is 1. The van der Waals surface area contributed by atoms with Gasteiger partial charge in [0.1, 0.15) is 17.9 Å².